The number of hydrogen-bond acceptors (Lipinski definition) is 5. The lowest BCUT2D eigenvalue weighted by Crippen LogP contribution is -2.15. The molecule has 0 aliphatic carbocycles. The monoisotopic (exact) mass is 415 g/mol. The molecule has 0 unspecified atom stereocenters. The van der Waals surface area contributed by atoms with Gasteiger partial charge in [-0.2, -0.15) is 5.10 Å². The molecular formula is C20H16F3N5O2. The summed E-state index contributed by atoms with van der Waals surface area (Å²) in [6, 6.07) is 4.73. The molecule has 0 atom stereocenters. The molecule has 0 amide bonds. The Labute approximate surface area is 168 Å². The Morgan fingerprint density at radius 3 is 2.93 bits per heavy atom. The highest BCUT2D eigenvalue weighted by Crippen LogP contribution is 2.47. The molecule has 1 N–H and O–H groups in total. The lowest BCUT2D eigenvalue weighted by Gasteiger charge is -2.16. The van der Waals surface area contributed by atoms with Crippen LogP contribution in [0.5, 0.6) is 11.8 Å². The molecule has 5 rings (SSSR count). The molecule has 30 heavy (non-hydrogen) atoms. The van der Waals surface area contributed by atoms with Gasteiger partial charge in [0, 0.05) is 35.7 Å². The van der Waals surface area contributed by atoms with Crippen molar-refractivity contribution in [2.45, 2.75) is 19.4 Å². The third kappa shape index (κ3) is 2.78. The Morgan fingerprint density at radius 2 is 2.13 bits per heavy atom. The van der Waals surface area contributed by atoms with E-state index in [0.29, 0.717) is 47.4 Å². The van der Waals surface area contributed by atoms with Crippen molar-refractivity contribution in [3.63, 3.8) is 0 Å². The van der Waals surface area contributed by atoms with E-state index in [1.807, 2.05) is 0 Å². The first-order chi connectivity index (χ1) is 14.6. The van der Waals surface area contributed by atoms with Gasteiger partial charge in [0.25, 0.3) is 6.43 Å². The maximum Gasteiger partial charge on any atom is 0.282 e. The number of aryl methyl sites for hydroxylation is 1. The summed E-state index contributed by atoms with van der Waals surface area (Å²) in [5.41, 5.74) is 1.21. The summed E-state index contributed by atoms with van der Waals surface area (Å²) in [7, 11) is 1.41. The molecule has 154 valence electrons. The molecule has 5 heterocycles. The quantitative estimate of drug-likeness (QED) is 0.536. The molecular weight excluding hydrogens is 399 g/mol. The summed E-state index contributed by atoms with van der Waals surface area (Å²) >= 11 is 0. The number of rotatable bonds is 4. The van der Waals surface area contributed by atoms with Crippen molar-refractivity contribution in [3.8, 4) is 34.1 Å². The van der Waals surface area contributed by atoms with Gasteiger partial charge in [-0.1, -0.05) is 0 Å². The number of halogens is 3. The van der Waals surface area contributed by atoms with Crippen molar-refractivity contribution >= 4 is 11.0 Å². The molecule has 1 aliphatic rings. The number of ether oxygens (including phenoxy) is 2. The summed E-state index contributed by atoms with van der Waals surface area (Å²) in [5, 5.41) is 4.68. The molecule has 0 bridgehead atoms. The SMILES string of the molecule is COc1ncc(F)cc1-c1c(-c2c(C(F)F)nn3c2OCCC3)[nH]c2ncccc12. The maximum absolute atomic E-state index is 14.1. The van der Waals surface area contributed by atoms with Gasteiger partial charge in [-0.05, 0) is 18.2 Å². The molecule has 7 nitrogen and oxygen atoms in total. The zero-order valence-corrected chi connectivity index (χ0v) is 15.8. The minimum absolute atomic E-state index is 0.129. The van der Waals surface area contributed by atoms with Crippen molar-refractivity contribution in [1.82, 2.24) is 24.7 Å². The minimum atomic E-state index is -2.83. The van der Waals surface area contributed by atoms with Gasteiger partial charge in [0.1, 0.15) is 17.2 Å². The summed E-state index contributed by atoms with van der Waals surface area (Å²) < 4.78 is 54.5. The van der Waals surface area contributed by atoms with Crippen LogP contribution in [0.15, 0.2) is 30.6 Å². The molecule has 0 aromatic carbocycles. The van der Waals surface area contributed by atoms with Crippen LogP contribution in [0.4, 0.5) is 13.2 Å². The number of hydrogen-bond donors (Lipinski definition) is 1. The Morgan fingerprint density at radius 1 is 1.27 bits per heavy atom. The maximum atomic E-state index is 14.1. The molecule has 0 radical (unpaired) electrons. The van der Waals surface area contributed by atoms with E-state index in [4.69, 9.17) is 9.47 Å². The molecule has 0 spiro atoms. The van der Waals surface area contributed by atoms with Crippen LogP contribution in [-0.2, 0) is 6.54 Å². The Bertz CT molecular complexity index is 1250. The van der Waals surface area contributed by atoms with Crippen molar-refractivity contribution in [1.29, 1.82) is 0 Å². The second kappa shape index (κ2) is 7.05. The molecule has 1 aliphatic heterocycles. The fraction of sp³-hybridized carbons (Fsp3) is 0.250. The van der Waals surface area contributed by atoms with Gasteiger partial charge in [0.15, 0.2) is 0 Å². The standard InChI is InChI=1S/C20H16F3N5O2/c1-29-19-12(8-10(21)9-25-19)13-11-4-2-5-24-18(11)26-15(13)14-16(17(22)23)27-28-6-3-7-30-20(14)28/h2,4-5,8-9,17H,3,6-7H2,1H3,(H,24,26). The smallest absolute Gasteiger partial charge is 0.282 e. The Balaban J connectivity index is 1.88. The second-order valence-electron chi connectivity index (χ2n) is 6.78. The van der Waals surface area contributed by atoms with Gasteiger partial charge in [0.2, 0.25) is 11.8 Å². The van der Waals surface area contributed by atoms with Crippen molar-refractivity contribution in [2.75, 3.05) is 13.7 Å². The third-order valence-corrected chi connectivity index (χ3v) is 4.99. The van der Waals surface area contributed by atoms with E-state index in [-0.39, 0.29) is 17.3 Å². The number of fused-ring (bicyclic) bond motifs is 2. The van der Waals surface area contributed by atoms with E-state index in [2.05, 4.69) is 20.1 Å². The molecule has 10 heteroatoms. The van der Waals surface area contributed by atoms with Gasteiger partial charge >= 0.3 is 0 Å². The first kappa shape index (κ1) is 18.5. The third-order valence-electron chi connectivity index (χ3n) is 4.99. The van der Waals surface area contributed by atoms with Crippen LogP contribution >= 0.6 is 0 Å². The summed E-state index contributed by atoms with van der Waals surface area (Å²) in [6.07, 6.45) is 0.441. The average Bonchev–Trinajstić information content (AvgIpc) is 3.32. The van der Waals surface area contributed by atoms with Crippen LogP contribution in [-0.4, -0.2) is 38.4 Å². The summed E-state index contributed by atoms with van der Waals surface area (Å²) in [6.45, 7) is 0.855. The van der Waals surface area contributed by atoms with Crippen molar-refractivity contribution in [3.05, 3.63) is 42.1 Å². The fourth-order valence-corrected chi connectivity index (χ4v) is 3.79. The van der Waals surface area contributed by atoms with E-state index < -0.39 is 17.9 Å². The lowest BCUT2D eigenvalue weighted by molar-refractivity contribution is 0.145. The summed E-state index contributed by atoms with van der Waals surface area (Å²) in [5.74, 6) is -0.187. The number of alkyl halides is 2. The van der Waals surface area contributed by atoms with Crippen LogP contribution in [0.25, 0.3) is 33.4 Å². The highest BCUT2D eigenvalue weighted by Gasteiger charge is 2.32. The zero-order chi connectivity index (χ0) is 20.8. The van der Waals surface area contributed by atoms with Gasteiger partial charge in [-0.15, -0.1) is 0 Å². The number of aromatic amines is 1. The number of aromatic nitrogens is 5. The largest absolute Gasteiger partial charge is 0.481 e. The van der Waals surface area contributed by atoms with Crippen molar-refractivity contribution < 1.29 is 22.6 Å². The van der Waals surface area contributed by atoms with E-state index in [9.17, 15) is 13.2 Å². The highest BCUT2D eigenvalue weighted by atomic mass is 19.3. The van der Waals surface area contributed by atoms with E-state index in [0.717, 1.165) is 6.20 Å². The number of H-pyrrole nitrogens is 1. The zero-order valence-electron chi connectivity index (χ0n) is 15.8. The molecule has 0 saturated heterocycles. The van der Waals surface area contributed by atoms with Crippen LogP contribution in [0.1, 0.15) is 18.5 Å². The van der Waals surface area contributed by atoms with E-state index in [1.165, 1.54) is 17.9 Å². The minimum Gasteiger partial charge on any atom is -0.481 e. The number of methoxy groups -OCH3 is 1. The molecule has 4 aromatic heterocycles. The predicted octanol–water partition coefficient (Wildman–Crippen LogP) is 4.36. The topological polar surface area (TPSA) is 77.9 Å². The van der Waals surface area contributed by atoms with Crippen LogP contribution in [0.3, 0.4) is 0 Å². The van der Waals surface area contributed by atoms with Gasteiger partial charge in [-0.25, -0.2) is 27.8 Å². The van der Waals surface area contributed by atoms with E-state index >= 15 is 0 Å². The van der Waals surface area contributed by atoms with Crippen molar-refractivity contribution in [2.24, 2.45) is 0 Å². The van der Waals surface area contributed by atoms with Gasteiger partial charge in [-0.3, -0.25) is 0 Å². The van der Waals surface area contributed by atoms with Gasteiger partial charge in [0.05, 0.1) is 31.2 Å². The normalized spacial score (nSPS) is 13.5. The molecule has 0 saturated carbocycles. The lowest BCUT2D eigenvalue weighted by atomic mass is 9.99. The highest BCUT2D eigenvalue weighted by molar-refractivity contribution is 6.04. The van der Waals surface area contributed by atoms with E-state index in [1.54, 1.807) is 18.3 Å². The first-order valence-electron chi connectivity index (χ1n) is 9.27. The fourth-order valence-electron chi connectivity index (χ4n) is 3.79. The molecule has 4 aromatic rings. The van der Waals surface area contributed by atoms with Crippen LogP contribution in [0.2, 0.25) is 0 Å². The first-order valence-corrected chi connectivity index (χ1v) is 9.27. The molecule has 0 fully saturated rings. The predicted molar refractivity (Wildman–Crippen MR) is 102 cm³/mol. The van der Waals surface area contributed by atoms with Crippen LogP contribution in [0, 0.1) is 5.82 Å². The average molecular weight is 415 g/mol. The Kier molecular flexibility index (Phi) is 4.34. The number of nitrogens with zero attached hydrogens (tertiary/aromatic N) is 4. The van der Waals surface area contributed by atoms with Crippen LogP contribution < -0.4 is 9.47 Å². The van der Waals surface area contributed by atoms with Gasteiger partial charge < -0.3 is 14.5 Å². The summed E-state index contributed by atoms with van der Waals surface area (Å²) in [4.78, 5) is 11.4. The number of nitrogens with one attached hydrogen (secondary N) is 1. The second-order valence-corrected chi connectivity index (χ2v) is 6.78. The Hall–Kier alpha value is -3.56. The number of pyridine rings is 2.